The predicted octanol–water partition coefficient (Wildman–Crippen LogP) is 3.77. The van der Waals surface area contributed by atoms with Gasteiger partial charge in [-0.25, -0.2) is 0 Å². The van der Waals surface area contributed by atoms with Crippen LogP contribution in [0.5, 0.6) is 11.5 Å². The fourth-order valence-electron chi connectivity index (χ4n) is 2.55. The number of phenols is 1. The van der Waals surface area contributed by atoms with Crippen LogP contribution in [0.1, 0.15) is 5.56 Å². The average Bonchev–Trinajstić information content (AvgIpc) is 2.84. The van der Waals surface area contributed by atoms with Crippen LogP contribution in [-0.4, -0.2) is 22.1 Å². The van der Waals surface area contributed by atoms with Crippen molar-refractivity contribution in [2.24, 2.45) is 0 Å². The molecule has 0 aliphatic heterocycles. The Bertz CT molecular complexity index is 883. The first kappa shape index (κ1) is 13.9. The summed E-state index contributed by atoms with van der Waals surface area (Å²) in [6.07, 6.45) is 0. The summed E-state index contributed by atoms with van der Waals surface area (Å²) in [5.41, 5.74) is 3.01. The number of nitrogens with one attached hydrogen (secondary N) is 1. The van der Waals surface area contributed by atoms with E-state index in [1.165, 1.54) is 12.1 Å². The fraction of sp³-hybridized carbons (Fsp3) is 0.125. The molecule has 0 saturated carbocycles. The molecule has 2 aromatic carbocycles. The second-order valence-electron chi connectivity index (χ2n) is 5.00. The quantitative estimate of drug-likeness (QED) is 0.569. The molecule has 3 aromatic rings. The third-order valence-corrected chi connectivity index (χ3v) is 3.73. The number of nitro groups is 1. The maximum absolute atomic E-state index is 11.0. The number of nitro benzene ring substituents is 1. The van der Waals surface area contributed by atoms with Gasteiger partial charge in [-0.3, -0.25) is 10.1 Å². The second kappa shape index (κ2) is 5.07. The number of methoxy groups -OCH3 is 1. The Morgan fingerprint density at radius 1 is 1.23 bits per heavy atom. The van der Waals surface area contributed by atoms with E-state index in [4.69, 9.17) is 4.74 Å². The number of nitrogens with zero attached hydrogens (tertiary/aromatic N) is 1. The smallest absolute Gasteiger partial charge is 0.311 e. The largest absolute Gasteiger partial charge is 0.502 e. The highest BCUT2D eigenvalue weighted by atomic mass is 16.6. The first-order chi connectivity index (χ1) is 10.5. The number of hydrogen-bond donors (Lipinski definition) is 2. The molecule has 6 nitrogen and oxygen atoms in total. The van der Waals surface area contributed by atoms with Crippen molar-refractivity contribution in [3.05, 3.63) is 52.1 Å². The van der Waals surface area contributed by atoms with Gasteiger partial charge in [0.25, 0.3) is 0 Å². The van der Waals surface area contributed by atoms with Crippen LogP contribution in [0, 0.1) is 17.0 Å². The van der Waals surface area contributed by atoms with Gasteiger partial charge in [-0.1, -0.05) is 0 Å². The predicted molar refractivity (Wildman–Crippen MR) is 83.3 cm³/mol. The van der Waals surface area contributed by atoms with Crippen LogP contribution in [0.25, 0.3) is 22.2 Å². The summed E-state index contributed by atoms with van der Waals surface area (Å²) >= 11 is 0. The minimum atomic E-state index is -0.597. The molecule has 0 unspecified atom stereocenters. The number of H-pyrrole nitrogens is 1. The minimum Gasteiger partial charge on any atom is -0.502 e. The zero-order chi connectivity index (χ0) is 15.9. The lowest BCUT2D eigenvalue weighted by Gasteiger charge is -2.02. The number of aryl methyl sites for hydroxylation is 1. The van der Waals surface area contributed by atoms with Crippen molar-refractivity contribution < 1.29 is 14.8 Å². The number of hydrogen-bond acceptors (Lipinski definition) is 4. The van der Waals surface area contributed by atoms with Gasteiger partial charge in [-0.15, -0.1) is 0 Å². The molecule has 0 aliphatic rings. The van der Waals surface area contributed by atoms with E-state index in [1.54, 1.807) is 13.2 Å². The molecular weight excluding hydrogens is 284 g/mol. The third-order valence-electron chi connectivity index (χ3n) is 3.73. The van der Waals surface area contributed by atoms with E-state index < -0.39 is 4.92 Å². The van der Waals surface area contributed by atoms with Crippen molar-refractivity contribution in [1.82, 2.24) is 4.98 Å². The molecule has 1 aromatic heterocycles. The zero-order valence-electron chi connectivity index (χ0n) is 12.1. The highest BCUT2D eigenvalue weighted by Gasteiger charge is 2.17. The van der Waals surface area contributed by atoms with Crippen molar-refractivity contribution in [2.45, 2.75) is 6.92 Å². The van der Waals surface area contributed by atoms with Crippen LogP contribution in [-0.2, 0) is 0 Å². The van der Waals surface area contributed by atoms with Gasteiger partial charge in [0.15, 0.2) is 5.75 Å². The highest BCUT2D eigenvalue weighted by Crippen LogP contribution is 2.35. The van der Waals surface area contributed by atoms with E-state index in [9.17, 15) is 15.2 Å². The van der Waals surface area contributed by atoms with Crippen LogP contribution in [0.3, 0.4) is 0 Å². The number of fused-ring (bicyclic) bond motifs is 1. The standard InChI is InChI=1S/C16H14N2O4/c1-9-12-8-11(22-2)4-5-13(12)17-16(9)10-3-6-15(19)14(7-10)18(20)21/h3-8,17,19H,1-2H3. The Labute approximate surface area is 126 Å². The topological polar surface area (TPSA) is 88.4 Å². The van der Waals surface area contributed by atoms with Crippen LogP contribution in [0.4, 0.5) is 5.69 Å². The zero-order valence-corrected chi connectivity index (χ0v) is 12.1. The molecule has 0 atom stereocenters. The molecule has 6 heteroatoms. The lowest BCUT2D eigenvalue weighted by atomic mass is 10.1. The summed E-state index contributed by atoms with van der Waals surface area (Å²) in [5, 5.41) is 21.5. The van der Waals surface area contributed by atoms with E-state index in [2.05, 4.69) is 4.98 Å². The molecule has 22 heavy (non-hydrogen) atoms. The van der Waals surface area contributed by atoms with Crippen LogP contribution >= 0.6 is 0 Å². The molecule has 3 rings (SSSR count). The normalized spacial score (nSPS) is 10.8. The first-order valence-corrected chi connectivity index (χ1v) is 6.65. The van der Waals surface area contributed by atoms with Crippen molar-refractivity contribution in [3.63, 3.8) is 0 Å². The van der Waals surface area contributed by atoms with Gasteiger partial charge < -0.3 is 14.8 Å². The van der Waals surface area contributed by atoms with E-state index in [1.807, 2.05) is 25.1 Å². The van der Waals surface area contributed by atoms with Gasteiger partial charge in [0.05, 0.1) is 12.0 Å². The maximum atomic E-state index is 11.0. The molecular formula is C16H14N2O4. The van der Waals surface area contributed by atoms with Gasteiger partial charge in [-0.2, -0.15) is 0 Å². The molecule has 0 amide bonds. The molecule has 0 saturated heterocycles. The molecule has 0 fully saturated rings. The van der Waals surface area contributed by atoms with Crippen molar-refractivity contribution in [3.8, 4) is 22.8 Å². The Morgan fingerprint density at radius 2 is 2.00 bits per heavy atom. The van der Waals surface area contributed by atoms with Gasteiger partial charge >= 0.3 is 5.69 Å². The summed E-state index contributed by atoms with van der Waals surface area (Å²) in [5.74, 6) is 0.405. The van der Waals surface area contributed by atoms with Gasteiger partial charge in [0.2, 0.25) is 0 Å². The Kier molecular flexibility index (Phi) is 3.21. The number of benzene rings is 2. The maximum Gasteiger partial charge on any atom is 0.311 e. The van der Waals surface area contributed by atoms with Crippen LogP contribution in [0.2, 0.25) is 0 Å². The molecule has 2 N–H and O–H groups in total. The number of rotatable bonds is 3. The summed E-state index contributed by atoms with van der Waals surface area (Å²) in [6.45, 7) is 1.94. The number of aromatic nitrogens is 1. The Hall–Kier alpha value is -3.02. The molecule has 0 radical (unpaired) electrons. The number of aromatic amines is 1. The van der Waals surface area contributed by atoms with Crippen molar-refractivity contribution in [1.29, 1.82) is 0 Å². The lowest BCUT2D eigenvalue weighted by molar-refractivity contribution is -0.385. The van der Waals surface area contributed by atoms with Gasteiger partial charge in [-0.05, 0) is 42.8 Å². The highest BCUT2D eigenvalue weighted by molar-refractivity contribution is 5.91. The second-order valence-corrected chi connectivity index (χ2v) is 5.00. The summed E-state index contributed by atoms with van der Waals surface area (Å²) in [4.78, 5) is 13.6. The van der Waals surface area contributed by atoms with Crippen molar-refractivity contribution in [2.75, 3.05) is 7.11 Å². The van der Waals surface area contributed by atoms with E-state index >= 15 is 0 Å². The molecule has 0 spiro atoms. The molecule has 0 aliphatic carbocycles. The van der Waals surface area contributed by atoms with Gasteiger partial charge in [0, 0.05) is 28.2 Å². The van der Waals surface area contributed by atoms with Crippen LogP contribution in [0.15, 0.2) is 36.4 Å². The van der Waals surface area contributed by atoms with E-state index in [0.717, 1.165) is 27.9 Å². The van der Waals surface area contributed by atoms with E-state index in [0.29, 0.717) is 5.56 Å². The van der Waals surface area contributed by atoms with Crippen molar-refractivity contribution >= 4 is 16.6 Å². The molecule has 1 heterocycles. The van der Waals surface area contributed by atoms with E-state index in [-0.39, 0.29) is 11.4 Å². The first-order valence-electron chi connectivity index (χ1n) is 6.65. The fourth-order valence-corrected chi connectivity index (χ4v) is 2.55. The molecule has 0 bridgehead atoms. The summed E-state index contributed by atoms with van der Waals surface area (Å²) < 4.78 is 5.22. The summed E-state index contributed by atoms with van der Waals surface area (Å²) in [7, 11) is 1.60. The number of aromatic hydroxyl groups is 1. The van der Waals surface area contributed by atoms with Crippen LogP contribution < -0.4 is 4.74 Å². The number of phenolic OH excluding ortho intramolecular Hbond substituents is 1. The van der Waals surface area contributed by atoms with Gasteiger partial charge in [0.1, 0.15) is 5.75 Å². The SMILES string of the molecule is COc1ccc2[nH]c(-c3ccc(O)c([N+](=O)[O-])c3)c(C)c2c1. The minimum absolute atomic E-state index is 0.312. The lowest BCUT2D eigenvalue weighted by Crippen LogP contribution is -1.90. The summed E-state index contributed by atoms with van der Waals surface area (Å²) in [6, 6.07) is 10.0. The third kappa shape index (κ3) is 2.14. The monoisotopic (exact) mass is 298 g/mol. The number of ether oxygens (including phenoxy) is 1. The molecule has 112 valence electrons. The average molecular weight is 298 g/mol. The Balaban J connectivity index is 2.20. The Morgan fingerprint density at radius 3 is 2.68 bits per heavy atom.